The van der Waals surface area contributed by atoms with Gasteiger partial charge in [-0.25, -0.2) is 4.79 Å². The topological polar surface area (TPSA) is 72.5 Å². The number of ether oxygens (including phenoxy) is 2. The predicted molar refractivity (Wildman–Crippen MR) is 91.0 cm³/mol. The van der Waals surface area contributed by atoms with Crippen LogP contribution in [-0.2, 0) is 9.47 Å². The molecule has 2 fully saturated rings. The maximum atomic E-state index is 12.4. The molecule has 24 heavy (non-hydrogen) atoms. The first kappa shape index (κ1) is 15.4. The molecule has 126 valence electrons. The smallest absolute Gasteiger partial charge is 0.319 e. The van der Waals surface area contributed by atoms with Gasteiger partial charge in [-0.15, -0.1) is 0 Å². The number of fused-ring (bicyclic) bond motifs is 1. The van der Waals surface area contributed by atoms with Gasteiger partial charge in [-0.1, -0.05) is 18.2 Å². The lowest BCUT2D eigenvalue weighted by atomic mass is 9.90. The summed E-state index contributed by atoms with van der Waals surface area (Å²) in [4.78, 5) is 16.8. The average molecular weight is 327 g/mol. The zero-order chi connectivity index (χ0) is 16.4. The predicted octanol–water partition coefficient (Wildman–Crippen LogP) is 2.69. The molecule has 0 bridgehead atoms. The van der Waals surface area contributed by atoms with Gasteiger partial charge < -0.3 is 20.1 Å². The summed E-state index contributed by atoms with van der Waals surface area (Å²) in [5.41, 5.74) is 1.30. The number of carbonyl (C=O) groups is 1. The highest BCUT2D eigenvalue weighted by molar-refractivity contribution is 5.99. The van der Waals surface area contributed by atoms with E-state index >= 15 is 0 Å². The molecule has 2 amide bonds. The van der Waals surface area contributed by atoms with Crippen molar-refractivity contribution in [3.05, 3.63) is 36.5 Å². The molecule has 2 saturated heterocycles. The average Bonchev–Trinajstić information content (AvgIpc) is 3.03. The molecular weight excluding hydrogens is 306 g/mol. The highest BCUT2D eigenvalue weighted by atomic mass is 16.6. The number of nitrogens with one attached hydrogen (secondary N) is 2. The van der Waals surface area contributed by atoms with Crippen molar-refractivity contribution >= 4 is 22.6 Å². The van der Waals surface area contributed by atoms with Crippen molar-refractivity contribution < 1.29 is 14.3 Å². The Labute approximate surface area is 140 Å². The first-order valence-corrected chi connectivity index (χ1v) is 8.37. The number of hydrogen-bond acceptors (Lipinski definition) is 4. The number of benzene rings is 1. The van der Waals surface area contributed by atoms with Crippen molar-refractivity contribution in [3.63, 3.8) is 0 Å². The third kappa shape index (κ3) is 3.07. The van der Waals surface area contributed by atoms with Gasteiger partial charge in [-0.3, -0.25) is 4.98 Å². The quantitative estimate of drug-likeness (QED) is 0.889. The van der Waals surface area contributed by atoms with Crippen molar-refractivity contribution in [2.24, 2.45) is 0 Å². The number of anilines is 1. The molecule has 1 aromatic carbocycles. The second-order valence-electron chi connectivity index (χ2n) is 6.50. The molecule has 0 saturated carbocycles. The van der Waals surface area contributed by atoms with E-state index in [-0.39, 0.29) is 17.7 Å². The molecule has 0 radical (unpaired) electrons. The molecular formula is C18H21N3O3. The summed E-state index contributed by atoms with van der Waals surface area (Å²) in [6.45, 7) is 2.02. The molecule has 2 aliphatic rings. The van der Waals surface area contributed by atoms with E-state index in [0.717, 1.165) is 42.5 Å². The Morgan fingerprint density at radius 3 is 3.04 bits per heavy atom. The molecule has 2 aromatic rings. The number of nitrogens with zero attached hydrogens (tertiary/aromatic N) is 1. The van der Waals surface area contributed by atoms with Gasteiger partial charge in [0.25, 0.3) is 0 Å². The monoisotopic (exact) mass is 327 g/mol. The van der Waals surface area contributed by atoms with Crippen LogP contribution in [0.25, 0.3) is 10.9 Å². The third-order valence-corrected chi connectivity index (χ3v) is 4.78. The molecule has 4 rings (SSSR count). The van der Waals surface area contributed by atoms with Gasteiger partial charge in [-0.2, -0.15) is 0 Å². The van der Waals surface area contributed by atoms with Crippen molar-refractivity contribution in [1.29, 1.82) is 0 Å². The highest BCUT2D eigenvalue weighted by Crippen LogP contribution is 2.32. The van der Waals surface area contributed by atoms with Crippen LogP contribution < -0.4 is 10.6 Å². The van der Waals surface area contributed by atoms with Crippen LogP contribution in [0.5, 0.6) is 0 Å². The van der Waals surface area contributed by atoms with Crippen LogP contribution in [0.4, 0.5) is 10.5 Å². The Morgan fingerprint density at radius 2 is 2.17 bits per heavy atom. The summed E-state index contributed by atoms with van der Waals surface area (Å²) >= 11 is 0. The van der Waals surface area contributed by atoms with Crippen LogP contribution in [0, 0.1) is 0 Å². The number of para-hydroxylation sites is 1. The van der Waals surface area contributed by atoms with Gasteiger partial charge in [0.1, 0.15) is 0 Å². The molecule has 2 N–H and O–H groups in total. The number of urea groups is 1. The molecule has 1 aromatic heterocycles. The first-order chi connectivity index (χ1) is 11.7. The van der Waals surface area contributed by atoms with Gasteiger partial charge in [0, 0.05) is 37.3 Å². The van der Waals surface area contributed by atoms with Gasteiger partial charge in [0.2, 0.25) is 0 Å². The minimum absolute atomic E-state index is 0.100. The largest absolute Gasteiger partial charge is 0.378 e. The lowest BCUT2D eigenvalue weighted by molar-refractivity contribution is -0.0877. The van der Waals surface area contributed by atoms with Crippen LogP contribution >= 0.6 is 0 Å². The summed E-state index contributed by atoms with van der Waals surface area (Å²) in [5, 5.41) is 7.00. The highest BCUT2D eigenvalue weighted by Gasteiger charge is 2.41. The number of hydrogen-bond donors (Lipinski definition) is 2. The number of pyridine rings is 1. The van der Waals surface area contributed by atoms with E-state index in [9.17, 15) is 4.79 Å². The minimum Gasteiger partial charge on any atom is -0.378 e. The molecule has 3 heterocycles. The normalized spacial score (nSPS) is 26.6. The van der Waals surface area contributed by atoms with E-state index in [1.54, 1.807) is 6.20 Å². The Balaban J connectivity index is 1.43. The molecule has 0 aliphatic carbocycles. The van der Waals surface area contributed by atoms with E-state index in [1.165, 1.54) is 0 Å². The van der Waals surface area contributed by atoms with E-state index in [1.807, 2.05) is 30.3 Å². The second-order valence-corrected chi connectivity index (χ2v) is 6.50. The van der Waals surface area contributed by atoms with Crippen molar-refractivity contribution in [1.82, 2.24) is 10.3 Å². The van der Waals surface area contributed by atoms with Gasteiger partial charge in [0.15, 0.2) is 0 Å². The molecule has 2 unspecified atom stereocenters. The van der Waals surface area contributed by atoms with Crippen LogP contribution in [0.15, 0.2) is 36.5 Å². The van der Waals surface area contributed by atoms with Crippen LogP contribution in [0.2, 0.25) is 0 Å². The van der Waals surface area contributed by atoms with Gasteiger partial charge in [-0.05, 0) is 25.0 Å². The Morgan fingerprint density at radius 1 is 1.25 bits per heavy atom. The Kier molecular flexibility index (Phi) is 4.08. The summed E-state index contributed by atoms with van der Waals surface area (Å²) in [5.74, 6) is 0. The third-order valence-electron chi connectivity index (χ3n) is 4.78. The molecule has 6 nitrogen and oxygen atoms in total. The lowest BCUT2D eigenvalue weighted by Crippen LogP contribution is -2.49. The van der Waals surface area contributed by atoms with Crippen molar-refractivity contribution in [2.75, 3.05) is 25.1 Å². The SMILES string of the molecule is O=C(Nc1cccc2cccnc12)NC1CCOC2(CCOC2)C1. The van der Waals surface area contributed by atoms with Crippen molar-refractivity contribution in [3.8, 4) is 0 Å². The lowest BCUT2D eigenvalue weighted by Gasteiger charge is -2.37. The van der Waals surface area contributed by atoms with E-state index < -0.39 is 0 Å². The van der Waals surface area contributed by atoms with E-state index in [0.29, 0.717) is 13.2 Å². The fourth-order valence-corrected chi connectivity index (χ4v) is 3.56. The first-order valence-electron chi connectivity index (χ1n) is 8.37. The van der Waals surface area contributed by atoms with Crippen LogP contribution in [0.3, 0.4) is 0 Å². The second kappa shape index (κ2) is 6.37. The zero-order valence-electron chi connectivity index (χ0n) is 13.5. The summed E-state index contributed by atoms with van der Waals surface area (Å²) in [7, 11) is 0. The van der Waals surface area contributed by atoms with E-state index in [4.69, 9.17) is 9.47 Å². The standard InChI is InChI=1S/C18H21N3O3/c22-17(20-14-6-9-24-18(11-14)7-10-23-12-18)21-15-5-1-3-13-4-2-8-19-16(13)15/h1-5,8,14H,6-7,9-12H2,(H2,20,21,22). The van der Waals surface area contributed by atoms with Crippen LogP contribution in [-0.4, -0.2) is 42.5 Å². The van der Waals surface area contributed by atoms with Crippen LogP contribution in [0.1, 0.15) is 19.3 Å². The molecule has 2 atom stereocenters. The number of aromatic nitrogens is 1. The fourth-order valence-electron chi connectivity index (χ4n) is 3.56. The molecule has 6 heteroatoms. The fraction of sp³-hybridized carbons (Fsp3) is 0.444. The Hall–Kier alpha value is -2.18. The summed E-state index contributed by atoms with van der Waals surface area (Å²) in [6.07, 6.45) is 4.25. The van der Waals surface area contributed by atoms with Crippen molar-refractivity contribution in [2.45, 2.75) is 30.9 Å². The molecule has 2 aliphatic heterocycles. The molecule has 1 spiro atoms. The van der Waals surface area contributed by atoms with E-state index in [2.05, 4.69) is 15.6 Å². The maximum absolute atomic E-state index is 12.4. The van der Waals surface area contributed by atoms with Gasteiger partial charge in [0.05, 0.1) is 23.4 Å². The minimum atomic E-state index is -0.211. The Bertz CT molecular complexity index is 738. The number of rotatable bonds is 2. The zero-order valence-corrected chi connectivity index (χ0v) is 13.5. The number of carbonyl (C=O) groups excluding carboxylic acids is 1. The summed E-state index contributed by atoms with van der Waals surface area (Å²) < 4.78 is 11.4. The number of amides is 2. The summed E-state index contributed by atoms with van der Waals surface area (Å²) in [6, 6.07) is 9.53. The van der Waals surface area contributed by atoms with Gasteiger partial charge >= 0.3 is 6.03 Å². The maximum Gasteiger partial charge on any atom is 0.319 e.